The fraction of sp³-hybridized carbons (Fsp3) is 0.543. The van der Waals surface area contributed by atoms with Crippen LogP contribution in [0.25, 0.3) is 0 Å². The van der Waals surface area contributed by atoms with E-state index < -0.39 is 6.67 Å². The number of halogens is 1. The molecule has 0 spiro atoms. The van der Waals surface area contributed by atoms with E-state index in [0.29, 0.717) is 35.6 Å². The molecule has 0 saturated carbocycles. The third-order valence-corrected chi connectivity index (χ3v) is 9.43. The Hall–Kier alpha value is -3.63. The lowest BCUT2D eigenvalue weighted by atomic mass is 10.0. The number of aromatic nitrogens is 1. The van der Waals surface area contributed by atoms with Gasteiger partial charge in [-0.2, -0.15) is 0 Å². The van der Waals surface area contributed by atoms with Crippen LogP contribution in [0.15, 0.2) is 64.5 Å². The lowest BCUT2D eigenvalue weighted by molar-refractivity contribution is -0.942. The van der Waals surface area contributed by atoms with Crippen molar-refractivity contribution in [1.29, 1.82) is 0 Å². The largest absolute Gasteiger partial charge is 0.404 e. The Labute approximate surface area is 268 Å². The second kappa shape index (κ2) is 16.1. The highest BCUT2D eigenvalue weighted by molar-refractivity contribution is 6.04. The summed E-state index contributed by atoms with van der Waals surface area (Å²) in [5.74, 6) is -0.293. The Morgan fingerprint density at radius 3 is 2.71 bits per heavy atom. The van der Waals surface area contributed by atoms with E-state index in [1.807, 2.05) is 19.9 Å². The smallest absolute Gasteiger partial charge is 0.251 e. The normalized spacial score (nSPS) is 24.0. The topological polar surface area (TPSA) is 113 Å². The molecule has 0 aliphatic carbocycles. The molecule has 10 heteroatoms. The van der Waals surface area contributed by atoms with Crippen LogP contribution < -0.4 is 16.4 Å². The molecule has 0 radical (unpaired) electrons. The van der Waals surface area contributed by atoms with Crippen molar-refractivity contribution >= 4 is 29.4 Å². The number of hydrogen-bond donors (Lipinski definition) is 3. The van der Waals surface area contributed by atoms with Gasteiger partial charge in [0.2, 0.25) is 5.91 Å². The monoisotopic (exact) mass is 622 g/mol. The maximum Gasteiger partial charge on any atom is 0.251 e. The van der Waals surface area contributed by atoms with Crippen molar-refractivity contribution in [1.82, 2.24) is 9.88 Å². The Balaban J connectivity index is 1.65. The van der Waals surface area contributed by atoms with Gasteiger partial charge < -0.3 is 20.9 Å². The zero-order chi connectivity index (χ0) is 33.2. The maximum atomic E-state index is 13.2. The summed E-state index contributed by atoms with van der Waals surface area (Å²) in [6.07, 6.45) is 17.1. The van der Waals surface area contributed by atoms with Crippen LogP contribution in [0.3, 0.4) is 0 Å². The van der Waals surface area contributed by atoms with Gasteiger partial charge in [-0.15, -0.1) is 0 Å². The molecule has 1 aromatic heterocycles. The zero-order valence-corrected chi connectivity index (χ0v) is 28.2. The van der Waals surface area contributed by atoms with Crippen LogP contribution in [-0.2, 0) is 9.59 Å². The van der Waals surface area contributed by atoms with E-state index in [2.05, 4.69) is 78.5 Å². The molecule has 4 N–H and O–H groups in total. The van der Waals surface area contributed by atoms with E-state index in [-0.39, 0.29) is 36.0 Å². The van der Waals surface area contributed by atoms with Crippen molar-refractivity contribution in [2.45, 2.75) is 84.8 Å². The third-order valence-electron chi connectivity index (χ3n) is 9.43. The van der Waals surface area contributed by atoms with Gasteiger partial charge in [-0.3, -0.25) is 24.5 Å². The quantitative estimate of drug-likeness (QED) is 0.153. The van der Waals surface area contributed by atoms with Crippen LogP contribution in [0.5, 0.6) is 0 Å². The first-order valence-electron chi connectivity index (χ1n) is 16.1. The highest BCUT2D eigenvalue weighted by Gasteiger charge is 2.36. The Morgan fingerprint density at radius 1 is 1.31 bits per heavy atom. The minimum absolute atomic E-state index is 0.0161. The molecular weight excluding hydrogens is 569 g/mol. The second-order valence-corrected chi connectivity index (χ2v) is 13.0. The van der Waals surface area contributed by atoms with Gasteiger partial charge in [0.05, 0.1) is 49.9 Å². The molecule has 1 fully saturated rings. The standard InChI is InChI=1S/C35H52FN7O2/c1-8-31-13-12-28(29(21-37)22-38-16-15-36)19-26(3)43(31,7)18-9-11-25(2)34(45)41-32-20-30(23-39-27(32)4)40-33(44)24-42-17-10-14-35(42,5)6/h11-13,19-23,26,31H,8-10,14-18,24H2,1-7H3,(H3-,37,38,40,41,44,45)/p+1. The summed E-state index contributed by atoms with van der Waals surface area (Å²) < 4.78 is 13.3. The van der Waals surface area contributed by atoms with E-state index in [4.69, 9.17) is 5.73 Å². The molecule has 3 unspecified atom stereocenters. The number of aliphatic imine (C=N–C) groups is 1. The van der Waals surface area contributed by atoms with Crippen molar-refractivity contribution in [3.63, 3.8) is 0 Å². The fourth-order valence-electron chi connectivity index (χ4n) is 6.17. The molecule has 3 rings (SSSR count). The predicted molar refractivity (Wildman–Crippen MR) is 183 cm³/mol. The molecule has 0 aromatic carbocycles. The van der Waals surface area contributed by atoms with Gasteiger partial charge in [-0.1, -0.05) is 19.1 Å². The van der Waals surface area contributed by atoms with Crippen LogP contribution >= 0.6 is 0 Å². The number of anilines is 2. The van der Waals surface area contributed by atoms with Gasteiger partial charge in [0.15, 0.2) is 0 Å². The van der Waals surface area contributed by atoms with Crippen LogP contribution in [0.2, 0.25) is 0 Å². The lowest BCUT2D eigenvalue weighted by Crippen LogP contribution is -2.56. The van der Waals surface area contributed by atoms with Crippen molar-refractivity contribution in [2.24, 2.45) is 10.7 Å². The first-order valence-corrected chi connectivity index (χ1v) is 16.1. The highest BCUT2D eigenvalue weighted by atomic mass is 19.1. The molecule has 0 bridgehead atoms. The molecule has 3 heterocycles. The van der Waals surface area contributed by atoms with Crippen LogP contribution in [0.1, 0.15) is 66.0 Å². The van der Waals surface area contributed by atoms with Crippen molar-refractivity contribution < 1.29 is 18.5 Å². The number of aryl methyl sites for hydroxylation is 1. The number of nitrogens with one attached hydrogen (secondary N) is 2. The average molecular weight is 623 g/mol. The number of amides is 2. The molecule has 45 heavy (non-hydrogen) atoms. The average Bonchev–Trinajstić information content (AvgIpc) is 3.26. The lowest BCUT2D eigenvalue weighted by Gasteiger charge is -2.43. The van der Waals surface area contributed by atoms with Crippen LogP contribution in [0.4, 0.5) is 15.8 Å². The number of carbonyl (C=O) groups is 2. The molecule has 246 valence electrons. The number of likely N-dealkylation sites (N-methyl/N-ethyl adjacent to an activating group) is 1. The fourth-order valence-corrected chi connectivity index (χ4v) is 6.17. The van der Waals surface area contributed by atoms with Gasteiger partial charge >= 0.3 is 0 Å². The molecule has 2 aliphatic rings. The van der Waals surface area contributed by atoms with E-state index in [9.17, 15) is 14.0 Å². The summed E-state index contributed by atoms with van der Waals surface area (Å²) >= 11 is 0. The van der Waals surface area contributed by atoms with Gasteiger partial charge in [0, 0.05) is 41.9 Å². The van der Waals surface area contributed by atoms with E-state index in [1.54, 1.807) is 18.5 Å². The molecule has 2 aliphatic heterocycles. The number of hydrogen-bond acceptors (Lipinski definition) is 6. The molecule has 3 atom stereocenters. The highest BCUT2D eigenvalue weighted by Crippen LogP contribution is 2.29. The Kier molecular flexibility index (Phi) is 12.8. The van der Waals surface area contributed by atoms with Crippen LogP contribution in [0, 0.1) is 6.92 Å². The second-order valence-electron chi connectivity index (χ2n) is 13.0. The van der Waals surface area contributed by atoms with Crippen molar-refractivity contribution in [3.05, 3.63) is 65.2 Å². The predicted octanol–water partition coefficient (Wildman–Crippen LogP) is 5.47. The van der Waals surface area contributed by atoms with Gasteiger partial charge in [-0.05, 0) is 77.8 Å². The van der Waals surface area contributed by atoms with E-state index >= 15 is 0 Å². The maximum absolute atomic E-state index is 13.2. The van der Waals surface area contributed by atoms with Crippen LogP contribution in [-0.4, -0.2) is 89.9 Å². The minimum atomic E-state index is -0.504. The van der Waals surface area contributed by atoms with Crippen molar-refractivity contribution in [2.75, 3.05) is 50.5 Å². The molecule has 2 amide bonds. The number of rotatable bonds is 13. The molecule has 1 saturated heterocycles. The number of allylic oxidation sites excluding steroid dienone is 3. The van der Waals surface area contributed by atoms with Gasteiger partial charge in [0.1, 0.15) is 18.8 Å². The minimum Gasteiger partial charge on any atom is -0.404 e. The number of alkyl halides is 1. The first-order chi connectivity index (χ1) is 21.3. The van der Waals surface area contributed by atoms with Crippen molar-refractivity contribution in [3.8, 4) is 0 Å². The SMILES string of the molecule is CCC1C=CC(/C(C=NCCF)=C/N)=CC(C)[N+]1(C)CCC=C(C)C(=O)Nc1cc(NC(=O)CN2CCCC2(C)C)cnc1C. The van der Waals surface area contributed by atoms with E-state index in [0.717, 1.165) is 48.0 Å². The summed E-state index contributed by atoms with van der Waals surface area (Å²) in [5.41, 5.74) is 10.1. The molecular formula is C35H53FN7O2+. The summed E-state index contributed by atoms with van der Waals surface area (Å²) in [5, 5.41) is 5.92. The Morgan fingerprint density at radius 2 is 2.07 bits per heavy atom. The zero-order valence-electron chi connectivity index (χ0n) is 28.2. The Bertz CT molecular complexity index is 1360. The van der Waals surface area contributed by atoms with Gasteiger partial charge in [-0.25, -0.2) is 4.39 Å². The number of quaternary nitrogens is 1. The summed E-state index contributed by atoms with van der Waals surface area (Å²) in [6.45, 7) is 14.0. The van der Waals surface area contributed by atoms with Gasteiger partial charge in [0.25, 0.3) is 5.91 Å². The summed E-state index contributed by atoms with van der Waals surface area (Å²) in [6, 6.07) is 2.19. The number of nitrogens with two attached hydrogens (primary N) is 1. The molecule has 1 aromatic rings. The third kappa shape index (κ3) is 9.43. The summed E-state index contributed by atoms with van der Waals surface area (Å²) in [4.78, 5) is 36.7. The number of carbonyl (C=O) groups excluding carboxylic acids is 2. The number of nitrogens with zero attached hydrogens (tertiary/aromatic N) is 4. The molecule has 9 nitrogen and oxygen atoms in total. The summed E-state index contributed by atoms with van der Waals surface area (Å²) in [7, 11) is 2.24. The number of likely N-dealkylation sites (tertiary alicyclic amines) is 1. The van der Waals surface area contributed by atoms with E-state index in [1.165, 1.54) is 6.20 Å². The number of pyridine rings is 1. The first kappa shape index (κ1) is 35.8.